The average Bonchev–Trinajstić information content (AvgIpc) is 2.58. The summed E-state index contributed by atoms with van der Waals surface area (Å²) in [7, 11) is 0.298. The standard InChI is InChI=1S/C16H23ClN2O5S/c1-6-10(2)14(16(21)24-5)18-15(20)12-9-11(7-8-13(12)17)25(22,23)19(3)4/h7-10,14H,6H2,1-5H3,(H,18,20)/t10-,14+/m0/s1. The number of hydrogen-bond donors (Lipinski definition) is 1. The summed E-state index contributed by atoms with van der Waals surface area (Å²) in [5.74, 6) is -1.38. The van der Waals surface area contributed by atoms with Gasteiger partial charge in [-0.3, -0.25) is 4.79 Å². The van der Waals surface area contributed by atoms with Gasteiger partial charge in [0.2, 0.25) is 10.0 Å². The van der Waals surface area contributed by atoms with Gasteiger partial charge in [0, 0.05) is 14.1 Å². The molecule has 0 aromatic heterocycles. The quantitative estimate of drug-likeness (QED) is 0.718. The molecule has 1 amide bonds. The van der Waals surface area contributed by atoms with Crippen LogP contribution in [0.2, 0.25) is 5.02 Å². The highest BCUT2D eigenvalue weighted by atomic mass is 35.5. The highest BCUT2D eigenvalue weighted by Crippen LogP contribution is 2.22. The van der Waals surface area contributed by atoms with Gasteiger partial charge in [0.1, 0.15) is 6.04 Å². The van der Waals surface area contributed by atoms with Crippen LogP contribution in [0.4, 0.5) is 0 Å². The summed E-state index contributed by atoms with van der Waals surface area (Å²) >= 11 is 6.05. The van der Waals surface area contributed by atoms with Crippen molar-refractivity contribution in [2.75, 3.05) is 21.2 Å². The summed E-state index contributed by atoms with van der Waals surface area (Å²) < 4.78 is 30.2. The Balaban J connectivity index is 3.23. The molecule has 0 radical (unpaired) electrons. The van der Waals surface area contributed by atoms with Crippen molar-refractivity contribution in [1.29, 1.82) is 0 Å². The first-order valence-corrected chi connectivity index (χ1v) is 9.48. The van der Waals surface area contributed by atoms with Crippen LogP contribution in [-0.2, 0) is 19.6 Å². The van der Waals surface area contributed by atoms with E-state index >= 15 is 0 Å². The molecule has 0 bridgehead atoms. The maximum absolute atomic E-state index is 12.6. The van der Waals surface area contributed by atoms with E-state index in [4.69, 9.17) is 16.3 Å². The zero-order chi connectivity index (χ0) is 19.4. The molecule has 7 nitrogen and oxygen atoms in total. The summed E-state index contributed by atoms with van der Waals surface area (Å²) in [6.07, 6.45) is 0.642. The Morgan fingerprint density at radius 3 is 2.40 bits per heavy atom. The minimum atomic E-state index is -3.72. The van der Waals surface area contributed by atoms with Crippen molar-refractivity contribution < 1.29 is 22.7 Å². The lowest BCUT2D eigenvalue weighted by atomic mass is 9.99. The zero-order valence-corrected chi connectivity index (χ0v) is 16.4. The molecule has 0 aliphatic carbocycles. The second-order valence-corrected chi connectivity index (χ2v) is 8.35. The lowest BCUT2D eigenvalue weighted by Gasteiger charge is -2.22. The molecule has 1 aromatic rings. The fraction of sp³-hybridized carbons (Fsp3) is 0.500. The van der Waals surface area contributed by atoms with Crippen molar-refractivity contribution in [2.24, 2.45) is 5.92 Å². The van der Waals surface area contributed by atoms with Gasteiger partial charge in [0.25, 0.3) is 5.91 Å². The number of amides is 1. The Morgan fingerprint density at radius 2 is 1.92 bits per heavy atom. The molecule has 2 atom stereocenters. The number of carbonyl (C=O) groups excluding carboxylic acids is 2. The highest BCUT2D eigenvalue weighted by Gasteiger charge is 2.28. The number of nitrogens with zero attached hydrogens (tertiary/aromatic N) is 1. The summed E-state index contributed by atoms with van der Waals surface area (Å²) in [4.78, 5) is 24.4. The normalized spacial score (nSPS) is 14.0. The van der Waals surface area contributed by atoms with Crippen molar-refractivity contribution in [3.8, 4) is 0 Å². The van der Waals surface area contributed by atoms with Gasteiger partial charge in [-0.05, 0) is 24.1 Å². The number of halogens is 1. The van der Waals surface area contributed by atoms with E-state index in [2.05, 4.69) is 5.32 Å². The number of ether oxygens (including phenoxy) is 1. The average molecular weight is 391 g/mol. The van der Waals surface area contributed by atoms with Crippen LogP contribution in [0.25, 0.3) is 0 Å². The molecular formula is C16H23ClN2O5S. The van der Waals surface area contributed by atoms with Gasteiger partial charge in [-0.1, -0.05) is 31.9 Å². The first-order chi connectivity index (χ1) is 11.6. The topological polar surface area (TPSA) is 92.8 Å². The summed E-state index contributed by atoms with van der Waals surface area (Å²) in [6, 6.07) is 3.00. The van der Waals surface area contributed by atoms with E-state index in [0.29, 0.717) is 6.42 Å². The largest absolute Gasteiger partial charge is 0.467 e. The number of carbonyl (C=O) groups is 2. The van der Waals surface area contributed by atoms with Crippen molar-refractivity contribution >= 4 is 33.5 Å². The number of benzene rings is 1. The molecule has 140 valence electrons. The smallest absolute Gasteiger partial charge is 0.328 e. The molecule has 0 fully saturated rings. The third-order valence-electron chi connectivity index (χ3n) is 3.92. The van der Waals surface area contributed by atoms with E-state index in [0.717, 1.165) is 4.31 Å². The third-order valence-corrected chi connectivity index (χ3v) is 6.06. The van der Waals surface area contributed by atoms with Crippen LogP contribution in [0.15, 0.2) is 23.1 Å². The Kier molecular flexibility index (Phi) is 7.40. The molecule has 0 aliphatic heterocycles. The van der Waals surface area contributed by atoms with Crippen molar-refractivity contribution in [3.63, 3.8) is 0 Å². The molecule has 0 unspecified atom stereocenters. The molecule has 1 N–H and O–H groups in total. The first kappa shape index (κ1) is 21.4. The van der Waals surface area contributed by atoms with Crippen LogP contribution in [0, 0.1) is 5.92 Å². The molecular weight excluding hydrogens is 368 g/mol. The van der Waals surface area contributed by atoms with E-state index in [1.54, 1.807) is 6.92 Å². The second kappa shape index (κ2) is 8.64. The van der Waals surface area contributed by atoms with Gasteiger partial charge in [-0.15, -0.1) is 0 Å². The van der Waals surface area contributed by atoms with E-state index in [1.165, 1.54) is 39.4 Å². The maximum Gasteiger partial charge on any atom is 0.328 e. The third kappa shape index (κ3) is 4.93. The molecule has 1 rings (SSSR count). The van der Waals surface area contributed by atoms with E-state index in [9.17, 15) is 18.0 Å². The van der Waals surface area contributed by atoms with Crippen LogP contribution in [0.3, 0.4) is 0 Å². The molecule has 1 aromatic carbocycles. The Labute approximate surface area is 153 Å². The number of rotatable bonds is 7. The van der Waals surface area contributed by atoms with E-state index in [-0.39, 0.29) is 21.4 Å². The van der Waals surface area contributed by atoms with Crippen LogP contribution < -0.4 is 5.32 Å². The van der Waals surface area contributed by atoms with Crippen molar-refractivity contribution in [1.82, 2.24) is 9.62 Å². The maximum atomic E-state index is 12.6. The second-order valence-electron chi connectivity index (χ2n) is 5.79. The number of methoxy groups -OCH3 is 1. The number of sulfonamides is 1. The van der Waals surface area contributed by atoms with Gasteiger partial charge in [0.05, 0.1) is 22.6 Å². The lowest BCUT2D eigenvalue weighted by molar-refractivity contribution is -0.144. The van der Waals surface area contributed by atoms with Crippen LogP contribution >= 0.6 is 11.6 Å². The van der Waals surface area contributed by atoms with E-state index in [1.807, 2.05) is 6.92 Å². The van der Waals surface area contributed by atoms with Crippen LogP contribution in [0.1, 0.15) is 30.6 Å². The molecule has 0 spiro atoms. The summed E-state index contributed by atoms with van der Waals surface area (Å²) in [5, 5.41) is 2.66. The number of hydrogen-bond acceptors (Lipinski definition) is 5. The zero-order valence-electron chi connectivity index (χ0n) is 14.9. The van der Waals surface area contributed by atoms with Gasteiger partial charge < -0.3 is 10.1 Å². The fourth-order valence-electron chi connectivity index (χ4n) is 2.06. The lowest BCUT2D eigenvalue weighted by Crippen LogP contribution is -2.45. The Hall–Kier alpha value is -1.64. The summed E-state index contributed by atoms with van der Waals surface area (Å²) in [6.45, 7) is 3.68. The fourth-order valence-corrected chi connectivity index (χ4v) is 3.20. The first-order valence-electron chi connectivity index (χ1n) is 7.67. The van der Waals surface area contributed by atoms with E-state index < -0.39 is 27.9 Å². The number of esters is 1. The van der Waals surface area contributed by atoms with Crippen molar-refractivity contribution in [3.05, 3.63) is 28.8 Å². The Morgan fingerprint density at radius 1 is 1.32 bits per heavy atom. The molecule has 0 saturated heterocycles. The highest BCUT2D eigenvalue weighted by molar-refractivity contribution is 7.89. The molecule has 0 heterocycles. The van der Waals surface area contributed by atoms with Gasteiger partial charge in [0.15, 0.2) is 0 Å². The molecule has 0 saturated carbocycles. The van der Waals surface area contributed by atoms with Gasteiger partial charge in [-0.2, -0.15) is 0 Å². The van der Waals surface area contributed by atoms with Crippen LogP contribution in [0.5, 0.6) is 0 Å². The minimum Gasteiger partial charge on any atom is -0.467 e. The number of nitrogens with one attached hydrogen (secondary N) is 1. The molecule has 0 aliphatic rings. The van der Waals surface area contributed by atoms with Gasteiger partial charge in [-0.25, -0.2) is 17.5 Å². The predicted molar refractivity (Wildman–Crippen MR) is 95.1 cm³/mol. The SMILES string of the molecule is CC[C@H](C)[C@@H](NC(=O)c1cc(S(=O)(=O)N(C)C)ccc1Cl)C(=O)OC. The monoisotopic (exact) mass is 390 g/mol. The summed E-state index contributed by atoms with van der Waals surface area (Å²) in [5.41, 5.74) is -0.0261. The van der Waals surface area contributed by atoms with Gasteiger partial charge >= 0.3 is 5.97 Å². The molecule has 9 heteroatoms. The minimum absolute atomic E-state index is 0.0261. The Bertz CT molecular complexity index is 749. The van der Waals surface area contributed by atoms with Crippen molar-refractivity contribution in [2.45, 2.75) is 31.2 Å². The predicted octanol–water partition coefficient (Wildman–Crippen LogP) is 1.91. The molecule has 25 heavy (non-hydrogen) atoms. The van der Waals surface area contributed by atoms with Crippen LogP contribution in [-0.4, -0.2) is 51.8 Å².